The molecule has 0 spiro atoms. The molecule has 0 unspecified atom stereocenters. The third-order valence-corrected chi connectivity index (χ3v) is 4.29. The zero-order valence-corrected chi connectivity index (χ0v) is 12.5. The molecule has 7 nitrogen and oxygen atoms in total. The van der Waals surface area contributed by atoms with E-state index in [-0.39, 0.29) is 24.0 Å². The molecule has 0 amide bonds. The second-order valence-electron chi connectivity index (χ2n) is 5.87. The van der Waals surface area contributed by atoms with E-state index in [1.54, 1.807) is 0 Å². The largest absolute Gasteiger partial charge is 0.518 e. The SMILES string of the molecule is CCC1(COC(=O)OC(=O)OCC2(CC)COC2)COC1. The number of hydrogen-bond donors (Lipinski definition) is 0. The van der Waals surface area contributed by atoms with Gasteiger partial charge in [-0.05, 0) is 12.8 Å². The quantitative estimate of drug-likeness (QED) is 0.549. The van der Waals surface area contributed by atoms with Gasteiger partial charge in [0.25, 0.3) is 0 Å². The van der Waals surface area contributed by atoms with Crippen molar-refractivity contribution in [1.82, 2.24) is 0 Å². The molecule has 2 heterocycles. The van der Waals surface area contributed by atoms with E-state index in [9.17, 15) is 9.59 Å². The number of ether oxygens (including phenoxy) is 5. The van der Waals surface area contributed by atoms with Gasteiger partial charge >= 0.3 is 12.3 Å². The minimum Gasteiger partial charge on any atom is -0.433 e. The van der Waals surface area contributed by atoms with Crippen LogP contribution >= 0.6 is 0 Å². The molecule has 2 aliphatic rings. The summed E-state index contributed by atoms with van der Waals surface area (Å²) in [5.74, 6) is 0. The van der Waals surface area contributed by atoms with Crippen LogP contribution in [-0.4, -0.2) is 52.0 Å². The highest BCUT2D eigenvalue weighted by Crippen LogP contribution is 2.32. The van der Waals surface area contributed by atoms with E-state index in [2.05, 4.69) is 4.74 Å². The summed E-state index contributed by atoms with van der Waals surface area (Å²) in [6.07, 6.45) is -0.390. The van der Waals surface area contributed by atoms with E-state index in [1.807, 2.05) is 13.8 Å². The highest BCUT2D eigenvalue weighted by Gasteiger charge is 2.40. The highest BCUT2D eigenvalue weighted by atomic mass is 16.8. The molecule has 7 heteroatoms. The van der Waals surface area contributed by atoms with E-state index in [1.165, 1.54) is 0 Å². The lowest BCUT2D eigenvalue weighted by Crippen LogP contribution is -2.46. The molecule has 0 aromatic heterocycles. The van der Waals surface area contributed by atoms with Gasteiger partial charge in [0, 0.05) is 0 Å². The Morgan fingerprint density at radius 3 is 1.48 bits per heavy atom. The predicted molar refractivity (Wildman–Crippen MR) is 70.9 cm³/mol. The first-order valence-corrected chi connectivity index (χ1v) is 7.20. The Kier molecular flexibility index (Phi) is 5.05. The van der Waals surface area contributed by atoms with Gasteiger partial charge in [0.2, 0.25) is 0 Å². The first-order valence-electron chi connectivity index (χ1n) is 7.20. The summed E-state index contributed by atoms with van der Waals surface area (Å²) >= 11 is 0. The number of carbonyl (C=O) groups is 2. The zero-order chi connectivity index (χ0) is 15.3. The van der Waals surface area contributed by atoms with Gasteiger partial charge in [0.05, 0.1) is 37.3 Å². The van der Waals surface area contributed by atoms with Gasteiger partial charge in [-0.2, -0.15) is 0 Å². The Labute approximate surface area is 123 Å². The summed E-state index contributed by atoms with van der Waals surface area (Å²) in [7, 11) is 0. The summed E-state index contributed by atoms with van der Waals surface area (Å²) in [6, 6.07) is 0. The van der Waals surface area contributed by atoms with Crippen LogP contribution in [0.2, 0.25) is 0 Å². The van der Waals surface area contributed by atoms with Crippen LogP contribution in [0.4, 0.5) is 9.59 Å². The maximum Gasteiger partial charge on any atom is 0.518 e. The van der Waals surface area contributed by atoms with Crippen LogP contribution in [0.1, 0.15) is 26.7 Å². The second kappa shape index (κ2) is 6.62. The molecule has 0 atom stereocenters. The van der Waals surface area contributed by atoms with E-state index in [4.69, 9.17) is 18.9 Å². The molecule has 2 saturated heterocycles. The molecule has 2 rings (SSSR count). The molecular formula is C14H22O7. The predicted octanol–water partition coefficient (Wildman–Crippen LogP) is 2.13. The lowest BCUT2D eigenvalue weighted by Gasteiger charge is -2.40. The molecule has 0 radical (unpaired) electrons. The minimum absolute atomic E-state index is 0.140. The van der Waals surface area contributed by atoms with E-state index in [0.717, 1.165) is 12.8 Å². The molecule has 2 fully saturated rings. The second-order valence-corrected chi connectivity index (χ2v) is 5.87. The van der Waals surface area contributed by atoms with Gasteiger partial charge in [-0.15, -0.1) is 0 Å². The van der Waals surface area contributed by atoms with Crippen molar-refractivity contribution in [2.45, 2.75) is 26.7 Å². The molecule has 120 valence electrons. The molecule has 21 heavy (non-hydrogen) atoms. The Morgan fingerprint density at radius 2 is 1.24 bits per heavy atom. The molecule has 0 saturated carbocycles. The first kappa shape index (κ1) is 16.0. The minimum atomic E-state index is -1.03. The Hall–Kier alpha value is -1.34. The maximum absolute atomic E-state index is 11.4. The molecule has 0 aromatic rings. The van der Waals surface area contributed by atoms with E-state index < -0.39 is 12.3 Å². The van der Waals surface area contributed by atoms with Crippen LogP contribution < -0.4 is 0 Å². The van der Waals surface area contributed by atoms with Crippen molar-refractivity contribution in [3.05, 3.63) is 0 Å². The topological polar surface area (TPSA) is 80.3 Å². The number of carbonyl (C=O) groups excluding carboxylic acids is 2. The molecule has 0 aliphatic carbocycles. The standard InChI is InChI=1S/C14H22O7/c1-3-13(5-17-6-13)9-19-11(15)21-12(16)20-10-14(4-2)7-18-8-14/h3-10H2,1-2H3. The average molecular weight is 302 g/mol. The van der Waals surface area contributed by atoms with Gasteiger partial charge in [-0.25, -0.2) is 9.59 Å². The van der Waals surface area contributed by atoms with Crippen molar-refractivity contribution in [3.63, 3.8) is 0 Å². The molecule has 0 bridgehead atoms. The smallest absolute Gasteiger partial charge is 0.433 e. The third-order valence-electron chi connectivity index (χ3n) is 4.29. The summed E-state index contributed by atoms with van der Waals surface area (Å²) in [5, 5.41) is 0. The van der Waals surface area contributed by atoms with E-state index >= 15 is 0 Å². The van der Waals surface area contributed by atoms with Crippen LogP contribution in [0, 0.1) is 10.8 Å². The molecule has 0 aromatic carbocycles. The van der Waals surface area contributed by atoms with Crippen molar-refractivity contribution in [2.24, 2.45) is 10.8 Å². The number of rotatable bonds is 6. The lowest BCUT2D eigenvalue weighted by molar-refractivity contribution is -0.147. The van der Waals surface area contributed by atoms with Crippen molar-refractivity contribution in [1.29, 1.82) is 0 Å². The highest BCUT2D eigenvalue weighted by molar-refractivity contribution is 5.76. The van der Waals surface area contributed by atoms with Crippen molar-refractivity contribution in [3.8, 4) is 0 Å². The summed E-state index contributed by atoms with van der Waals surface area (Å²) in [5.41, 5.74) is -0.281. The monoisotopic (exact) mass is 302 g/mol. The van der Waals surface area contributed by atoms with Gasteiger partial charge < -0.3 is 23.7 Å². The van der Waals surface area contributed by atoms with Crippen LogP contribution in [0.5, 0.6) is 0 Å². The Balaban J connectivity index is 1.64. The molecule has 0 N–H and O–H groups in total. The van der Waals surface area contributed by atoms with Crippen molar-refractivity contribution in [2.75, 3.05) is 39.6 Å². The fourth-order valence-corrected chi connectivity index (χ4v) is 2.11. The van der Waals surface area contributed by atoms with Crippen LogP contribution in [-0.2, 0) is 23.7 Å². The normalized spacial score (nSPS) is 21.6. The van der Waals surface area contributed by atoms with Crippen molar-refractivity contribution >= 4 is 12.3 Å². The number of hydrogen-bond acceptors (Lipinski definition) is 7. The first-order chi connectivity index (χ1) is 10.0. The van der Waals surface area contributed by atoms with E-state index in [0.29, 0.717) is 26.4 Å². The average Bonchev–Trinajstić information content (AvgIpc) is 2.37. The fourth-order valence-electron chi connectivity index (χ4n) is 2.11. The summed E-state index contributed by atoms with van der Waals surface area (Å²) < 4.78 is 24.6. The van der Waals surface area contributed by atoms with Gasteiger partial charge in [-0.3, -0.25) is 0 Å². The Morgan fingerprint density at radius 1 is 0.857 bits per heavy atom. The molecule has 2 aliphatic heterocycles. The van der Waals surface area contributed by atoms with Crippen LogP contribution in [0.25, 0.3) is 0 Å². The van der Waals surface area contributed by atoms with Gasteiger partial charge in [-0.1, -0.05) is 13.8 Å². The summed E-state index contributed by atoms with van der Waals surface area (Å²) in [6.45, 7) is 6.58. The van der Waals surface area contributed by atoms with Gasteiger partial charge in [0.1, 0.15) is 13.2 Å². The fraction of sp³-hybridized carbons (Fsp3) is 0.857. The summed E-state index contributed by atoms with van der Waals surface area (Å²) in [4.78, 5) is 22.8. The van der Waals surface area contributed by atoms with Crippen LogP contribution in [0.3, 0.4) is 0 Å². The Bertz CT molecular complexity index is 338. The van der Waals surface area contributed by atoms with Crippen molar-refractivity contribution < 1.29 is 33.3 Å². The zero-order valence-electron chi connectivity index (χ0n) is 12.5. The lowest BCUT2D eigenvalue weighted by atomic mass is 9.84. The third kappa shape index (κ3) is 3.85. The van der Waals surface area contributed by atoms with Crippen LogP contribution in [0.15, 0.2) is 0 Å². The maximum atomic E-state index is 11.4. The van der Waals surface area contributed by atoms with Gasteiger partial charge in [0.15, 0.2) is 0 Å². The molecular weight excluding hydrogens is 280 g/mol.